The van der Waals surface area contributed by atoms with Gasteiger partial charge in [-0.1, -0.05) is 54.6 Å². The Kier molecular flexibility index (Phi) is 7.70. The lowest BCUT2D eigenvalue weighted by molar-refractivity contribution is -0.128. The molecule has 1 aliphatic rings. The summed E-state index contributed by atoms with van der Waals surface area (Å²) < 4.78 is 19.9. The number of nitrogens with one attached hydrogen (secondary N) is 1. The number of halogens is 1. The van der Waals surface area contributed by atoms with Gasteiger partial charge < -0.3 is 20.7 Å². The largest absolute Gasteiger partial charge is 0.397 e. The first-order valence-corrected chi connectivity index (χ1v) is 11.3. The van der Waals surface area contributed by atoms with E-state index < -0.39 is 5.82 Å². The monoisotopic (exact) mass is 471 g/mol. The molecular weight excluding hydrogens is 445 g/mol. The Balaban J connectivity index is 1.53. The molecule has 1 aliphatic heterocycles. The maximum atomic E-state index is 14.6. The number of hydrogen-bond acceptors (Lipinski definition) is 4. The molecule has 6 nitrogen and oxygen atoms in total. The minimum absolute atomic E-state index is 0.237. The summed E-state index contributed by atoms with van der Waals surface area (Å²) in [5.74, 6) is -0.992. The molecule has 3 aromatic carbocycles. The molecule has 4 rings (SSSR count). The molecule has 0 spiro atoms. The number of nitrogens with two attached hydrogens (primary N) is 1. The number of amides is 2. The van der Waals surface area contributed by atoms with Crippen LogP contribution >= 0.6 is 0 Å². The molecule has 1 saturated heterocycles. The highest BCUT2D eigenvalue weighted by Gasteiger charge is 2.23. The fourth-order valence-electron chi connectivity index (χ4n) is 3.70. The Hall–Kier alpha value is -4.23. The zero-order chi connectivity index (χ0) is 24.6. The maximum Gasteiger partial charge on any atom is 0.254 e. The highest BCUT2D eigenvalue weighted by molar-refractivity contribution is 6.24. The molecule has 0 atom stereocenters. The molecule has 0 aromatic heterocycles. The Morgan fingerprint density at radius 1 is 0.914 bits per heavy atom. The van der Waals surface area contributed by atoms with Gasteiger partial charge in [-0.05, 0) is 41.5 Å². The number of ether oxygens (including phenoxy) is 1. The van der Waals surface area contributed by atoms with Crippen LogP contribution in [0, 0.1) is 5.82 Å². The zero-order valence-corrected chi connectivity index (χ0v) is 19.1. The lowest BCUT2D eigenvalue weighted by atomic mass is 10.00. The van der Waals surface area contributed by atoms with Crippen molar-refractivity contribution in [2.75, 3.05) is 37.4 Å². The molecule has 0 radical (unpaired) electrons. The Morgan fingerprint density at radius 3 is 2.29 bits per heavy atom. The molecule has 0 saturated carbocycles. The van der Waals surface area contributed by atoms with Gasteiger partial charge in [0.05, 0.1) is 30.2 Å². The topological polar surface area (TPSA) is 84.7 Å². The predicted molar refractivity (Wildman–Crippen MR) is 137 cm³/mol. The van der Waals surface area contributed by atoms with E-state index in [1.807, 2.05) is 24.3 Å². The Labute approximate surface area is 203 Å². The van der Waals surface area contributed by atoms with Gasteiger partial charge in [-0.25, -0.2) is 4.39 Å². The van der Waals surface area contributed by atoms with Crippen LogP contribution in [0.15, 0.2) is 78.9 Å². The molecule has 1 heterocycles. The minimum Gasteiger partial charge on any atom is -0.397 e. The average molecular weight is 472 g/mol. The van der Waals surface area contributed by atoms with Crippen LogP contribution in [-0.2, 0) is 14.3 Å². The van der Waals surface area contributed by atoms with Crippen molar-refractivity contribution in [2.45, 2.75) is 0 Å². The molecule has 0 bridgehead atoms. The first-order valence-electron chi connectivity index (χ1n) is 11.3. The van der Waals surface area contributed by atoms with Crippen LogP contribution in [0.3, 0.4) is 0 Å². The van der Waals surface area contributed by atoms with Crippen LogP contribution in [0.4, 0.5) is 15.8 Å². The number of carbonyl (C=O) groups excluding carboxylic acids is 2. The van der Waals surface area contributed by atoms with E-state index in [0.717, 1.165) is 11.1 Å². The van der Waals surface area contributed by atoms with Gasteiger partial charge in [-0.3, -0.25) is 9.59 Å². The van der Waals surface area contributed by atoms with E-state index in [4.69, 9.17) is 10.5 Å². The van der Waals surface area contributed by atoms with Crippen LogP contribution < -0.4 is 11.1 Å². The van der Waals surface area contributed by atoms with Crippen LogP contribution in [0.1, 0.15) is 16.7 Å². The number of rotatable bonds is 6. The Bertz CT molecular complexity index is 1260. The summed E-state index contributed by atoms with van der Waals surface area (Å²) in [5, 5.41) is 2.74. The smallest absolute Gasteiger partial charge is 0.254 e. The number of para-hydroxylation sites is 2. The summed E-state index contributed by atoms with van der Waals surface area (Å²) in [4.78, 5) is 27.1. The second-order valence-corrected chi connectivity index (χ2v) is 8.02. The second kappa shape index (κ2) is 11.3. The van der Waals surface area contributed by atoms with E-state index in [9.17, 15) is 14.0 Å². The predicted octanol–water partition coefficient (Wildman–Crippen LogP) is 4.46. The molecule has 3 aromatic rings. The second-order valence-electron chi connectivity index (χ2n) is 8.02. The van der Waals surface area contributed by atoms with Crippen molar-refractivity contribution < 1.29 is 18.7 Å². The number of carbonyl (C=O) groups is 2. The molecule has 35 heavy (non-hydrogen) atoms. The van der Waals surface area contributed by atoms with E-state index in [1.54, 1.807) is 59.5 Å². The fourth-order valence-corrected chi connectivity index (χ4v) is 3.70. The van der Waals surface area contributed by atoms with Gasteiger partial charge >= 0.3 is 0 Å². The number of hydrogen-bond donors (Lipinski definition) is 2. The lowest BCUT2D eigenvalue weighted by Gasteiger charge is -2.28. The third-order valence-corrected chi connectivity index (χ3v) is 5.59. The van der Waals surface area contributed by atoms with E-state index in [1.165, 1.54) is 12.1 Å². The molecule has 0 aliphatic carbocycles. The van der Waals surface area contributed by atoms with Gasteiger partial charge in [0.15, 0.2) is 0 Å². The Morgan fingerprint density at radius 2 is 1.57 bits per heavy atom. The molecular formula is C28H26FN3O3. The maximum absolute atomic E-state index is 14.6. The summed E-state index contributed by atoms with van der Waals surface area (Å²) >= 11 is 0. The highest BCUT2D eigenvalue weighted by Crippen LogP contribution is 2.24. The van der Waals surface area contributed by atoms with Gasteiger partial charge in [0, 0.05) is 24.7 Å². The van der Waals surface area contributed by atoms with Crippen molar-refractivity contribution in [1.29, 1.82) is 0 Å². The first kappa shape index (κ1) is 23.9. The van der Waals surface area contributed by atoms with Gasteiger partial charge in [-0.15, -0.1) is 0 Å². The summed E-state index contributed by atoms with van der Waals surface area (Å²) in [7, 11) is 0. The molecule has 0 unspecified atom stereocenters. The van der Waals surface area contributed by atoms with Crippen LogP contribution in [-0.4, -0.2) is 43.0 Å². The first-order chi connectivity index (χ1) is 17.0. The quantitative estimate of drug-likeness (QED) is 0.316. The summed E-state index contributed by atoms with van der Waals surface area (Å²) in [6.45, 7) is 1.85. The van der Waals surface area contributed by atoms with E-state index >= 15 is 0 Å². The third kappa shape index (κ3) is 6.22. The van der Waals surface area contributed by atoms with Gasteiger partial charge in [0.25, 0.3) is 5.91 Å². The normalized spacial score (nSPS) is 14.2. The van der Waals surface area contributed by atoms with Gasteiger partial charge in [0.2, 0.25) is 5.91 Å². The van der Waals surface area contributed by atoms with Crippen LogP contribution in [0.2, 0.25) is 0 Å². The number of benzene rings is 3. The van der Waals surface area contributed by atoms with Crippen molar-refractivity contribution >= 4 is 40.9 Å². The standard InChI is InChI=1S/C28H26FN3O3/c29-24-6-2-1-5-22(24)23(28(34)32-15-17-35-18-16-32)19-21-11-9-20(10-12-21)13-14-27(33)31-26-8-4-3-7-25(26)30/h1-14,19H,15-18,30H2,(H,31,33)/b14-13+,23-19?. The minimum atomic E-state index is -0.454. The van der Waals surface area contributed by atoms with Gasteiger partial charge in [-0.2, -0.15) is 0 Å². The molecule has 2 amide bonds. The van der Waals surface area contributed by atoms with Gasteiger partial charge in [0.1, 0.15) is 5.82 Å². The van der Waals surface area contributed by atoms with Crippen molar-refractivity contribution in [3.05, 3.63) is 101 Å². The summed E-state index contributed by atoms with van der Waals surface area (Å²) in [6, 6.07) is 20.6. The molecule has 178 valence electrons. The van der Waals surface area contributed by atoms with Crippen molar-refractivity contribution in [2.24, 2.45) is 0 Å². The number of anilines is 2. The molecule has 1 fully saturated rings. The van der Waals surface area contributed by atoms with Crippen molar-refractivity contribution in [3.8, 4) is 0 Å². The van der Waals surface area contributed by atoms with Crippen molar-refractivity contribution in [3.63, 3.8) is 0 Å². The summed E-state index contributed by atoms with van der Waals surface area (Å²) in [5.41, 5.74) is 8.97. The highest BCUT2D eigenvalue weighted by atomic mass is 19.1. The third-order valence-electron chi connectivity index (χ3n) is 5.59. The molecule has 3 N–H and O–H groups in total. The van der Waals surface area contributed by atoms with Crippen LogP contribution in [0.5, 0.6) is 0 Å². The van der Waals surface area contributed by atoms with E-state index in [2.05, 4.69) is 5.32 Å². The summed E-state index contributed by atoms with van der Waals surface area (Å²) in [6.07, 6.45) is 4.79. The SMILES string of the molecule is Nc1ccccc1NC(=O)/C=C/c1ccc(C=C(C(=O)N2CCOCC2)c2ccccc2F)cc1. The zero-order valence-electron chi connectivity index (χ0n) is 19.1. The number of morpholine rings is 1. The lowest BCUT2D eigenvalue weighted by Crippen LogP contribution is -2.41. The number of nitrogen functional groups attached to an aromatic ring is 1. The van der Waals surface area contributed by atoms with E-state index in [0.29, 0.717) is 37.7 Å². The van der Waals surface area contributed by atoms with E-state index in [-0.39, 0.29) is 23.0 Å². The average Bonchev–Trinajstić information content (AvgIpc) is 2.89. The number of nitrogens with zero attached hydrogens (tertiary/aromatic N) is 1. The fraction of sp³-hybridized carbons (Fsp3) is 0.143. The molecule has 7 heteroatoms. The van der Waals surface area contributed by atoms with Crippen molar-refractivity contribution in [1.82, 2.24) is 4.90 Å². The van der Waals surface area contributed by atoms with Crippen LogP contribution in [0.25, 0.3) is 17.7 Å².